The Bertz CT molecular complexity index is 601. The molecule has 0 aliphatic rings. The number of aromatic hydroxyl groups is 1. The highest BCUT2D eigenvalue weighted by Gasteiger charge is 2.26. The van der Waals surface area contributed by atoms with Crippen LogP contribution in [0.5, 0.6) is 5.75 Å². The van der Waals surface area contributed by atoms with Gasteiger partial charge < -0.3 is 10.2 Å². The van der Waals surface area contributed by atoms with E-state index in [1.807, 2.05) is 26.8 Å². The van der Waals surface area contributed by atoms with Crippen LogP contribution in [0.1, 0.15) is 79.0 Å². The first kappa shape index (κ1) is 20.7. The smallest absolute Gasteiger partial charge is 0.128 e. The molecule has 0 radical (unpaired) electrons. The number of aliphatic hydroxyl groups is 1. The van der Waals surface area contributed by atoms with E-state index in [1.54, 1.807) is 6.21 Å². The van der Waals surface area contributed by atoms with E-state index < -0.39 is 0 Å². The third-order valence-electron chi connectivity index (χ3n) is 4.79. The molecule has 0 amide bonds. The van der Waals surface area contributed by atoms with Gasteiger partial charge in [0.15, 0.2) is 0 Å². The summed E-state index contributed by atoms with van der Waals surface area (Å²) in [5.74, 6) is 0.299. The minimum absolute atomic E-state index is 0.00766. The first-order valence-corrected chi connectivity index (χ1v) is 8.72. The summed E-state index contributed by atoms with van der Waals surface area (Å²) < 4.78 is 0. The van der Waals surface area contributed by atoms with Crippen molar-refractivity contribution < 1.29 is 10.2 Å². The van der Waals surface area contributed by atoms with Crippen molar-refractivity contribution >= 4 is 6.21 Å². The summed E-state index contributed by atoms with van der Waals surface area (Å²) >= 11 is 0. The molecule has 0 bridgehead atoms. The predicted octanol–water partition coefficient (Wildman–Crippen LogP) is 4.81. The predicted molar refractivity (Wildman–Crippen MR) is 103 cm³/mol. The monoisotopic (exact) mass is 333 g/mol. The normalized spacial score (nSPS) is 15.1. The lowest BCUT2D eigenvalue weighted by atomic mass is 9.79. The number of phenols is 1. The fraction of sp³-hybridized carbons (Fsp3) is 0.667. The number of rotatable bonds is 4. The Morgan fingerprint density at radius 1 is 1.00 bits per heavy atom. The summed E-state index contributed by atoms with van der Waals surface area (Å²) in [5, 5.41) is 20.2. The lowest BCUT2D eigenvalue weighted by Crippen LogP contribution is -2.29. The van der Waals surface area contributed by atoms with Gasteiger partial charge in [0.05, 0.1) is 12.6 Å². The molecule has 0 spiro atoms. The van der Waals surface area contributed by atoms with Gasteiger partial charge in [0.25, 0.3) is 0 Å². The minimum atomic E-state index is -0.291. The molecule has 1 aromatic rings. The Hall–Kier alpha value is -1.35. The van der Waals surface area contributed by atoms with Gasteiger partial charge >= 0.3 is 0 Å². The summed E-state index contributed by atoms with van der Waals surface area (Å²) in [7, 11) is 0. The Morgan fingerprint density at radius 2 is 1.54 bits per heavy atom. The molecule has 24 heavy (non-hydrogen) atoms. The average Bonchev–Trinajstić information content (AvgIpc) is 2.43. The van der Waals surface area contributed by atoms with E-state index in [0.29, 0.717) is 5.75 Å². The van der Waals surface area contributed by atoms with E-state index in [9.17, 15) is 10.2 Å². The summed E-state index contributed by atoms with van der Waals surface area (Å²) in [6, 6.07) is 4.08. The van der Waals surface area contributed by atoms with Crippen molar-refractivity contribution in [1.29, 1.82) is 0 Å². The molecule has 0 unspecified atom stereocenters. The van der Waals surface area contributed by atoms with Gasteiger partial charge in [-0.1, -0.05) is 61.5 Å². The number of hydrogen-bond acceptors (Lipinski definition) is 3. The van der Waals surface area contributed by atoms with Crippen LogP contribution in [0.4, 0.5) is 0 Å². The van der Waals surface area contributed by atoms with Gasteiger partial charge in [0.1, 0.15) is 5.75 Å². The number of aliphatic hydroxyl groups excluding tert-OH is 1. The second kappa shape index (κ2) is 6.87. The van der Waals surface area contributed by atoms with E-state index in [4.69, 9.17) is 0 Å². The second-order valence-electron chi connectivity index (χ2n) is 9.56. The van der Waals surface area contributed by atoms with E-state index in [0.717, 1.165) is 11.1 Å². The molecule has 1 rings (SSSR count). The zero-order valence-electron chi connectivity index (χ0n) is 16.9. The highest BCUT2D eigenvalue weighted by atomic mass is 16.3. The van der Waals surface area contributed by atoms with E-state index in [-0.39, 0.29) is 28.9 Å². The first-order chi connectivity index (χ1) is 10.7. The third kappa shape index (κ3) is 4.83. The standard InChI is InChI=1S/C21H35NO2/c1-14(21(8,9)13-23)22-12-15-10-16(19(2,3)4)11-17(18(15)24)20(5,6)7/h10-12,14,23-24H,13H2,1-9H3/t14-/m0/s1. The van der Waals surface area contributed by atoms with Crippen LogP contribution in [0.3, 0.4) is 0 Å². The summed E-state index contributed by atoms with van der Waals surface area (Å²) in [5.41, 5.74) is 2.41. The van der Waals surface area contributed by atoms with Crippen LogP contribution in [0, 0.1) is 5.41 Å². The summed E-state index contributed by atoms with van der Waals surface area (Å²) in [6.45, 7) is 18.9. The van der Waals surface area contributed by atoms with Gasteiger partial charge in [-0.2, -0.15) is 0 Å². The molecule has 3 nitrogen and oxygen atoms in total. The third-order valence-corrected chi connectivity index (χ3v) is 4.79. The molecule has 136 valence electrons. The number of aliphatic imine (C=N–C) groups is 1. The molecule has 1 atom stereocenters. The molecule has 1 aromatic carbocycles. The highest BCUT2D eigenvalue weighted by Crippen LogP contribution is 2.37. The molecule has 3 heteroatoms. The molecule has 0 fully saturated rings. The Kier molecular flexibility index (Phi) is 5.93. The maximum absolute atomic E-state index is 10.7. The van der Waals surface area contributed by atoms with Gasteiger partial charge in [-0.3, -0.25) is 4.99 Å². The molecule has 0 aliphatic heterocycles. The van der Waals surface area contributed by atoms with Crippen molar-refractivity contribution in [3.8, 4) is 5.75 Å². The van der Waals surface area contributed by atoms with Crippen LogP contribution in [-0.4, -0.2) is 29.1 Å². The van der Waals surface area contributed by atoms with Gasteiger partial charge in [0.2, 0.25) is 0 Å². The van der Waals surface area contributed by atoms with Crippen LogP contribution in [0.2, 0.25) is 0 Å². The van der Waals surface area contributed by atoms with Gasteiger partial charge in [-0.25, -0.2) is 0 Å². The van der Waals surface area contributed by atoms with Crippen LogP contribution >= 0.6 is 0 Å². The first-order valence-electron chi connectivity index (χ1n) is 8.72. The molecule has 0 heterocycles. The Morgan fingerprint density at radius 3 is 1.96 bits per heavy atom. The van der Waals surface area contributed by atoms with Crippen molar-refractivity contribution in [3.05, 3.63) is 28.8 Å². The van der Waals surface area contributed by atoms with Crippen LogP contribution in [0.25, 0.3) is 0 Å². The minimum Gasteiger partial charge on any atom is -0.507 e. The number of benzene rings is 1. The van der Waals surface area contributed by atoms with Gasteiger partial charge in [-0.05, 0) is 29.4 Å². The van der Waals surface area contributed by atoms with Crippen LogP contribution in [0.15, 0.2) is 17.1 Å². The van der Waals surface area contributed by atoms with Crippen molar-refractivity contribution in [1.82, 2.24) is 0 Å². The van der Waals surface area contributed by atoms with Crippen molar-refractivity contribution in [2.75, 3.05) is 6.61 Å². The second-order valence-corrected chi connectivity index (χ2v) is 9.56. The van der Waals surface area contributed by atoms with Crippen molar-refractivity contribution in [3.63, 3.8) is 0 Å². The van der Waals surface area contributed by atoms with Crippen LogP contribution < -0.4 is 0 Å². The van der Waals surface area contributed by atoms with Gasteiger partial charge in [0, 0.05) is 22.8 Å². The number of hydrogen-bond donors (Lipinski definition) is 2. The largest absolute Gasteiger partial charge is 0.507 e. The zero-order valence-corrected chi connectivity index (χ0v) is 16.9. The number of phenolic OH excluding ortho intramolecular Hbond substituents is 1. The molecular formula is C21H35NO2. The molecule has 2 N–H and O–H groups in total. The SMILES string of the molecule is C[C@H](N=Cc1cc(C(C)(C)C)cc(C(C)(C)C)c1O)C(C)(C)CO. The van der Waals surface area contributed by atoms with Crippen LogP contribution in [-0.2, 0) is 10.8 Å². The number of nitrogens with zero attached hydrogens (tertiary/aromatic N) is 1. The summed E-state index contributed by atoms with van der Waals surface area (Å²) in [4.78, 5) is 4.60. The fourth-order valence-corrected chi connectivity index (χ4v) is 2.29. The summed E-state index contributed by atoms with van der Waals surface area (Å²) in [6.07, 6.45) is 1.75. The topological polar surface area (TPSA) is 52.8 Å². The Balaban J connectivity index is 3.42. The van der Waals surface area contributed by atoms with Crippen molar-refractivity contribution in [2.45, 2.75) is 79.2 Å². The van der Waals surface area contributed by atoms with E-state index >= 15 is 0 Å². The fourth-order valence-electron chi connectivity index (χ4n) is 2.29. The van der Waals surface area contributed by atoms with E-state index in [1.165, 1.54) is 5.56 Å². The maximum atomic E-state index is 10.7. The molecular weight excluding hydrogens is 298 g/mol. The molecule has 0 saturated carbocycles. The van der Waals surface area contributed by atoms with Gasteiger partial charge in [-0.15, -0.1) is 0 Å². The molecule has 0 aliphatic carbocycles. The Labute approximate surface area is 147 Å². The van der Waals surface area contributed by atoms with E-state index in [2.05, 4.69) is 52.6 Å². The lowest BCUT2D eigenvalue weighted by Gasteiger charge is -2.28. The zero-order chi connectivity index (χ0) is 18.9. The van der Waals surface area contributed by atoms with Crippen molar-refractivity contribution in [2.24, 2.45) is 10.4 Å². The maximum Gasteiger partial charge on any atom is 0.128 e. The molecule has 0 aromatic heterocycles. The lowest BCUT2D eigenvalue weighted by molar-refractivity contribution is 0.139. The molecule has 0 saturated heterocycles. The highest BCUT2D eigenvalue weighted by molar-refractivity contribution is 5.85. The quantitative estimate of drug-likeness (QED) is 0.777. The average molecular weight is 334 g/mol.